The van der Waals surface area contributed by atoms with Gasteiger partial charge in [0, 0.05) is 31.5 Å². The molecule has 6 nitrogen and oxygen atoms in total. The van der Waals surface area contributed by atoms with Crippen LogP contribution in [0.15, 0.2) is 24.3 Å². The summed E-state index contributed by atoms with van der Waals surface area (Å²) in [4.78, 5) is 39.6. The predicted octanol–water partition coefficient (Wildman–Crippen LogP) is 0.440. The SMILES string of the molecule is CC(=O)N1CCN2C(=O)[C@H](Cc3ccc(Cl)cc3)NC(=O)[C@H]2C1. The molecule has 3 amide bonds. The molecule has 0 saturated carbocycles. The van der Waals surface area contributed by atoms with E-state index < -0.39 is 12.1 Å². The Kier molecular flexibility index (Phi) is 4.26. The van der Waals surface area contributed by atoms with Crippen LogP contribution in [0.3, 0.4) is 0 Å². The van der Waals surface area contributed by atoms with Crippen LogP contribution in [0.1, 0.15) is 12.5 Å². The molecule has 0 unspecified atom stereocenters. The lowest BCUT2D eigenvalue weighted by Gasteiger charge is -2.45. The van der Waals surface area contributed by atoms with Crippen LogP contribution in [0, 0.1) is 0 Å². The molecule has 3 rings (SSSR count). The van der Waals surface area contributed by atoms with E-state index in [0.717, 1.165) is 5.56 Å². The number of halogens is 1. The number of nitrogens with zero attached hydrogens (tertiary/aromatic N) is 2. The summed E-state index contributed by atoms with van der Waals surface area (Å²) in [6.07, 6.45) is 0.432. The van der Waals surface area contributed by atoms with Gasteiger partial charge < -0.3 is 15.1 Å². The molecule has 0 radical (unpaired) electrons. The number of hydrogen-bond donors (Lipinski definition) is 1. The van der Waals surface area contributed by atoms with Crippen LogP contribution in [0.4, 0.5) is 0 Å². The van der Waals surface area contributed by atoms with Gasteiger partial charge in [-0.15, -0.1) is 0 Å². The highest BCUT2D eigenvalue weighted by molar-refractivity contribution is 6.30. The van der Waals surface area contributed by atoms with E-state index in [9.17, 15) is 14.4 Å². The van der Waals surface area contributed by atoms with Gasteiger partial charge in [0.05, 0.1) is 6.54 Å². The lowest BCUT2D eigenvalue weighted by atomic mass is 9.98. The first-order chi connectivity index (χ1) is 11.0. The first-order valence-corrected chi connectivity index (χ1v) is 7.94. The van der Waals surface area contributed by atoms with Crippen LogP contribution in [0.5, 0.6) is 0 Å². The minimum atomic E-state index is -0.582. The summed E-state index contributed by atoms with van der Waals surface area (Å²) < 4.78 is 0. The normalized spacial score (nSPS) is 24.3. The first-order valence-electron chi connectivity index (χ1n) is 7.56. The van der Waals surface area contributed by atoms with E-state index in [0.29, 0.717) is 24.5 Å². The molecule has 1 aromatic carbocycles. The minimum absolute atomic E-state index is 0.0758. The molecule has 2 heterocycles. The number of hydrogen-bond acceptors (Lipinski definition) is 3. The zero-order valence-electron chi connectivity index (χ0n) is 12.8. The van der Waals surface area contributed by atoms with Gasteiger partial charge >= 0.3 is 0 Å². The number of fused-ring (bicyclic) bond motifs is 1. The Balaban J connectivity index is 1.72. The summed E-state index contributed by atoms with van der Waals surface area (Å²) in [5.74, 6) is -0.365. The maximum absolute atomic E-state index is 12.6. The van der Waals surface area contributed by atoms with Crippen molar-refractivity contribution in [3.05, 3.63) is 34.9 Å². The van der Waals surface area contributed by atoms with Crippen molar-refractivity contribution in [2.45, 2.75) is 25.4 Å². The van der Waals surface area contributed by atoms with Gasteiger partial charge in [-0.2, -0.15) is 0 Å². The average molecular weight is 336 g/mol. The smallest absolute Gasteiger partial charge is 0.246 e. The Labute approximate surface area is 139 Å². The van der Waals surface area contributed by atoms with Crippen molar-refractivity contribution < 1.29 is 14.4 Å². The first kappa shape index (κ1) is 15.8. The summed E-state index contributed by atoms with van der Waals surface area (Å²) in [7, 11) is 0. The average Bonchev–Trinajstić information content (AvgIpc) is 2.54. The molecule has 0 aliphatic carbocycles. The van der Waals surface area contributed by atoms with Gasteiger partial charge in [0.25, 0.3) is 0 Å². The van der Waals surface area contributed by atoms with Gasteiger partial charge in [0.2, 0.25) is 17.7 Å². The van der Waals surface area contributed by atoms with Crippen molar-refractivity contribution in [2.75, 3.05) is 19.6 Å². The Morgan fingerprint density at radius 1 is 1.26 bits per heavy atom. The summed E-state index contributed by atoms with van der Waals surface area (Å²) >= 11 is 5.86. The number of carbonyl (C=O) groups is 3. The number of amides is 3. The number of piperazine rings is 2. The monoisotopic (exact) mass is 335 g/mol. The fraction of sp³-hybridized carbons (Fsp3) is 0.438. The van der Waals surface area contributed by atoms with Crippen LogP contribution in [0.25, 0.3) is 0 Å². The van der Waals surface area contributed by atoms with Gasteiger partial charge in [-0.3, -0.25) is 14.4 Å². The van der Waals surface area contributed by atoms with E-state index in [2.05, 4.69) is 5.32 Å². The Morgan fingerprint density at radius 2 is 1.96 bits per heavy atom. The van der Waals surface area contributed by atoms with E-state index in [4.69, 9.17) is 11.6 Å². The molecule has 1 N–H and O–H groups in total. The molecule has 23 heavy (non-hydrogen) atoms. The standard InChI is InChI=1S/C16H18ClN3O3/c1-10(21)19-6-7-20-14(9-19)15(22)18-13(16(20)23)8-11-2-4-12(17)5-3-11/h2-5,13-14H,6-9H2,1H3,(H,18,22)/t13-,14+/m0/s1. The topological polar surface area (TPSA) is 69.7 Å². The fourth-order valence-electron chi connectivity index (χ4n) is 3.08. The molecule has 0 bridgehead atoms. The molecular weight excluding hydrogens is 318 g/mol. The van der Waals surface area contributed by atoms with Gasteiger partial charge in [-0.1, -0.05) is 23.7 Å². The van der Waals surface area contributed by atoms with E-state index in [1.54, 1.807) is 21.9 Å². The molecule has 2 aliphatic rings. The Hall–Kier alpha value is -2.08. The van der Waals surface area contributed by atoms with E-state index in [-0.39, 0.29) is 24.3 Å². The zero-order valence-corrected chi connectivity index (χ0v) is 13.5. The molecule has 2 aliphatic heterocycles. The van der Waals surface area contributed by atoms with E-state index in [1.165, 1.54) is 6.92 Å². The maximum atomic E-state index is 12.6. The fourth-order valence-corrected chi connectivity index (χ4v) is 3.21. The third-order valence-electron chi connectivity index (χ3n) is 4.38. The van der Waals surface area contributed by atoms with Gasteiger partial charge in [0.1, 0.15) is 12.1 Å². The largest absolute Gasteiger partial charge is 0.342 e. The third-order valence-corrected chi connectivity index (χ3v) is 4.63. The number of benzene rings is 1. The van der Waals surface area contributed by atoms with Crippen LogP contribution < -0.4 is 5.32 Å². The molecule has 1 aromatic rings. The summed E-state index contributed by atoms with van der Waals surface area (Å²) in [5.41, 5.74) is 0.939. The maximum Gasteiger partial charge on any atom is 0.246 e. The van der Waals surface area contributed by atoms with Crippen molar-refractivity contribution in [2.24, 2.45) is 0 Å². The summed E-state index contributed by atoms with van der Waals surface area (Å²) in [6.45, 7) is 2.61. The molecule has 0 aromatic heterocycles. The highest BCUT2D eigenvalue weighted by Gasteiger charge is 2.43. The van der Waals surface area contributed by atoms with Crippen molar-refractivity contribution in [3.63, 3.8) is 0 Å². The predicted molar refractivity (Wildman–Crippen MR) is 84.8 cm³/mol. The summed E-state index contributed by atoms with van der Waals surface area (Å²) in [6, 6.07) is 6.08. The minimum Gasteiger partial charge on any atom is -0.342 e. The molecule has 2 fully saturated rings. The number of rotatable bonds is 2. The Bertz CT molecular complexity index is 646. The van der Waals surface area contributed by atoms with Crippen molar-refractivity contribution in [1.82, 2.24) is 15.1 Å². The lowest BCUT2D eigenvalue weighted by molar-refractivity contribution is -0.155. The van der Waals surface area contributed by atoms with Crippen LogP contribution in [0.2, 0.25) is 5.02 Å². The van der Waals surface area contributed by atoms with Crippen molar-refractivity contribution in [1.29, 1.82) is 0 Å². The second kappa shape index (κ2) is 6.20. The van der Waals surface area contributed by atoms with Crippen LogP contribution >= 0.6 is 11.6 Å². The molecule has 2 saturated heterocycles. The zero-order chi connectivity index (χ0) is 16.6. The molecule has 7 heteroatoms. The third kappa shape index (κ3) is 3.17. The van der Waals surface area contributed by atoms with Crippen molar-refractivity contribution in [3.8, 4) is 0 Å². The Morgan fingerprint density at radius 3 is 2.61 bits per heavy atom. The number of nitrogens with one attached hydrogen (secondary N) is 1. The van der Waals surface area contributed by atoms with E-state index >= 15 is 0 Å². The van der Waals surface area contributed by atoms with Crippen LogP contribution in [-0.2, 0) is 20.8 Å². The quantitative estimate of drug-likeness (QED) is 0.852. The van der Waals surface area contributed by atoms with Gasteiger partial charge in [-0.05, 0) is 17.7 Å². The van der Waals surface area contributed by atoms with Gasteiger partial charge in [0.15, 0.2) is 0 Å². The molecular formula is C16H18ClN3O3. The lowest BCUT2D eigenvalue weighted by Crippen LogP contribution is -2.69. The summed E-state index contributed by atoms with van der Waals surface area (Å²) in [5, 5.41) is 3.42. The van der Waals surface area contributed by atoms with Crippen molar-refractivity contribution >= 4 is 29.3 Å². The second-order valence-corrected chi connectivity index (χ2v) is 6.34. The number of carbonyl (C=O) groups excluding carboxylic acids is 3. The van der Waals surface area contributed by atoms with Gasteiger partial charge in [-0.25, -0.2) is 0 Å². The second-order valence-electron chi connectivity index (χ2n) is 5.90. The van der Waals surface area contributed by atoms with Crippen LogP contribution in [-0.4, -0.2) is 59.2 Å². The highest BCUT2D eigenvalue weighted by Crippen LogP contribution is 2.19. The molecule has 0 spiro atoms. The molecule has 2 atom stereocenters. The highest BCUT2D eigenvalue weighted by atomic mass is 35.5. The van der Waals surface area contributed by atoms with E-state index in [1.807, 2.05) is 12.1 Å². The molecule has 122 valence electrons.